The third kappa shape index (κ3) is 3.05. The van der Waals surface area contributed by atoms with E-state index in [2.05, 4.69) is 25.3 Å². The minimum atomic E-state index is -0.00785. The van der Waals surface area contributed by atoms with Crippen LogP contribution in [0.1, 0.15) is 27.7 Å². The van der Waals surface area contributed by atoms with Crippen LogP contribution in [0.4, 0.5) is 5.95 Å². The molecule has 1 saturated heterocycles. The van der Waals surface area contributed by atoms with Gasteiger partial charge in [0.1, 0.15) is 5.69 Å². The van der Waals surface area contributed by atoms with Gasteiger partial charge in [0, 0.05) is 50.8 Å². The summed E-state index contributed by atoms with van der Waals surface area (Å²) < 4.78 is 1.92. The number of anilines is 1. The highest BCUT2D eigenvalue weighted by atomic mass is 16.2. The smallest absolute Gasteiger partial charge is 0.270 e. The summed E-state index contributed by atoms with van der Waals surface area (Å²) in [4.78, 5) is 30.8. The lowest BCUT2D eigenvalue weighted by atomic mass is 10.0. The Morgan fingerprint density at radius 2 is 2.08 bits per heavy atom. The Balaban J connectivity index is 1.60. The van der Waals surface area contributed by atoms with Gasteiger partial charge in [0.05, 0.1) is 18.1 Å². The monoisotopic (exact) mass is 351 g/mol. The molecule has 2 atom stereocenters. The van der Waals surface area contributed by atoms with Crippen LogP contribution in [0, 0.1) is 6.92 Å². The number of rotatable bonds is 4. The molecule has 26 heavy (non-hydrogen) atoms. The zero-order chi connectivity index (χ0) is 18.1. The number of aromatic nitrogens is 5. The van der Waals surface area contributed by atoms with Crippen LogP contribution in [0.5, 0.6) is 0 Å². The standard InChI is InChI=1S/C18H21N7O/c1-12-4-7-19-16(12)17(26)25-8-13(14-9-24(2)11-22-14)15(10-25)23-18-20-5-3-6-21-18/h3-7,9,11,13,15,19H,8,10H2,1-2H3,(H,20,21,23)/t13-,15+/m0/s1. The number of carbonyl (C=O) groups excluding carboxylic acids is 1. The Labute approximate surface area is 151 Å². The average molecular weight is 351 g/mol. The summed E-state index contributed by atoms with van der Waals surface area (Å²) in [5.41, 5.74) is 2.55. The van der Waals surface area contributed by atoms with Crippen LogP contribution in [-0.4, -0.2) is 54.4 Å². The summed E-state index contributed by atoms with van der Waals surface area (Å²) in [6.45, 7) is 3.10. The van der Waals surface area contributed by atoms with Gasteiger partial charge in [-0.2, -0.15) is 0 Å². The van der Waals surface area contributed by atoms with Crippen molar-refractivity contribution < 1.29 is 4.79 Å². The predicted molar refractivity (Wildman–Crippen MR) is 96.8 cm³/mol. The van der Waals surface area contributed by atoms with Crippen molar-refractivity contribution >= 4 is 11.9 Å². The molecule has 1 aliphatic rings. The van der Waals surface area contributed by atoms with Gasteiger partial charge in [-0.25, -0.2) is 15.0 Å². The summed E-state index contributed by atoms with van der Waals surface area (Å²) in [5, 5.41) is 3.37. The summed E-state index contributed by atoms with van der Waals surface area (Å²) in [6.07, 6.45) is 8.98. The Morgan fingerprint density at radius 1 is 1.27 bits per heavy atom. The predicted octanol–water partition coefficient (Wildman–Crippen LogP) is 1.57. The topological polar surface area (TPSA) is 91.7 Å². The van der Waals surface area contributed by atoms with Gasteiger partial charge in [-0.3, -0.25) is 4.79 Å². The average Bonchev–Trinajstić information content (AvgIpc) is 3.35. The summed E-state index contributed by atoms with van der Waals surface area (Å²) >= 11 is 0. The van der Waals surface area contributed by atoms with Crippen LogP contribution in [-0.2, 0) is 7.05 Å². The molecule has 4 heterocycles. The lowest BCUT2D eigenvalue weighted by molar-refractivity contribution is 0.0784. The van der Waals surface area contributed by atoms with E-state index in [0.29, 0.717) is 24.7 Å². The molecule has 134 valence electrons. The van der Waals surface area contributed by atoms with E-state index in [0.717, 1.165) is 11.3 Å². The number of nitrogens with zero attached hydrogens (tertiary/aromatic N) is 5. The van der Waals surface area contributed by atoms with Gasteiger partial charge >= 0.3 is 0 Å². The largest absolute Gasteiger partial charge is 0.357 e. The zero-order valence-corrected chi connectivity index (χ0v) is 14.8. The maximum atomic E-state index is 12.9. The Morgan fingerprint density at radius 3 is 2.73 bits per heavy atom. The van der Waals surface area contributed by atoms with Crippen molar-refractivity contribution in [3.8, 4) is 0 Å². The highest BCUT2D eigenvalue weighted by Gasteiger charge is 2.38. The fraction of sp³-hybridized carbons (Fsp3) is 0.333. The molecule has 3 aromatic rings. The van der Waals surface area contributed by atoms with E-state index in [9.17, 15) is 4.79 Å². The maximum absolute atomic E-state index is 12.9. The van der Waals surface area contributed by atoms with Crippen molar-refractivity contribution in [2.24, 2.45) is 7.05 Å². The van der Waals surface area contributed by atoms with Gasteiger partial charge < -0.3 is 19.8 Å². The highest BCUT2D eigenvalue weighted by Crippen LogP contribution is 2.29. The second kappa shape index (κ2) is 6.62. The first-order chi connectivity index (χ1) is 12.6. The van der Waals surface area contributed by atoms with Crippen molar-refractivity contribution in [1.29, 1.82) is 0 Å². The number of hydrogen-bond donors (Lipinski definition) is 2. The zero-order valence-electron chi connectivity index (χ0n) is 14.8. The minimum Gasteiger partial charge on any atom is -0.357 e. The molecule has 0 bridgehead atoms. The molecule has 1 fully saturated rings. The first kappa shape index (κ1) is 16.3. The molecule has 1 amide bonds. The summed E-state index contributed by atoms with van der Waals surface area (Å²) in [5.74, 6) is 0.634. The third-order valence-electron chi connectivity index (χ3n) is 4.76. The van der Waals surface area contributed by atoms with Crippen LogP contribution >= 0.6 is 0 Å². The summed E-state index contributed by atoms with van der Waals surface area (Å²) in [7, 11) is 1.94. The van der Waals surface area contributed by atoms with Crippen molar-refractivity contribution in [1.82, 2.24) is 29.4 Å². The van der Waals surface area contributed by atoms with Crippen LogP contribution in [0.3, 0.4) is 0 Å². The van der Waals surface area contributed by atoms with Gasteiger partial charge in [0.25, 0.3) is 5.91 Å². The number of nitrogens with one attached hydrogen (secondary N) is 2. The highest BCUT2D eigenvalue weighted by molar-refractivity contribution is 5.94. The number of likely N-dealkylation sites (tertiary alicyclic amines) is 1. The normalized spacial score (nSPS) is 19.7. The molecule has 0 radical (unpaired) electrons. The summed E-state index contributed by atoms with van der Waals surface area (Å²) in [6, 6.07) is 3.68. The van der Waals surface area contributed by atoms with E-state index in [1.807, 2.05) is 35.7 Å². The fourth-order valence-electron chi connectivity index (χ4n) is 3.42. The molecule has 0 aliphatic carbocycles. The minimum absolute atomic E-state index is 0.00621. The third-order valence-corrected chi connectivity index (χ3v) is 4.76. The van der Waals surface area contributed by atoms with Gasteiger partial charge in [0.15, 0.2) is 0 Å². The Hall–Kier alpha value is -3.16. The van der Waals surface area contributed by atoms with E-state index in [1.54, 1.807) is 31.0 Å². The fourth-order valence-corrected chi connectivity index (χ4v) is 3.42. The van der Waals surface area contributed by atoms with Gasteiger partial charge in [-0.1, -0.05) is 0 Å². The van der Waals surface area contributed by atoms with Gasteiger partial charge in [-0.15, -0.1) is 0 Å². The van der Waals surface area contributed by atoms with E-state index < -0.39 is 0 Å². The van der Waals surface area contributed by atoms with Crippen LogP contribution in [0.2, 0.25) is 0 Å². The molecule has 2 N–H and O–H groups in total. The Bertz CT molecular complexity index is 901. The number of carbonyl (C=O) groups is 1. The number of H-pyrrole nitrogens is 1. The number of imidazole rings is 1. The second-order valence-corrected chi connectivity index (χ2v) is 6.64. The molecule has 8 heteroatoms. The molecule has 0 spiro atoms. The maximum Gasteiger partial charge on any atom is 0.270 e. The van der Waals surface area contributed by atoms with E-state index in [1.165, 1.54) is 0 Å². The van der Waals surface area contributed by atoms with Gasteiger partial charge in [-0.05, 0) is 24.6 Å². The SMILES string of the molecule is Cc1cc[nH]c1C(=O)N1C[C@@H](Nc2ncccn2)[C@H](c2cn(C)cn2)C1. The van der Waals surface area contributed by atoms with Crippen LogP contribution in [0.15, 0.2) is 43.2 Å². The lowest BCUT2D eigenvalue weighted by Crippen LogP contribution is -2.32. The lowest BCUT2D eigenvalue weighted by Gasteiger charge is -2.18. The molecule has 8 nitrogen and oxygen atoms in total. The van der Waals surface area contributed by atoms with Crippen molar-refractivity contribution in [2.45, 2.75) is 18.9 Å². The van der Waals surface area contributed by atoms with Crippen molar-refractivity contribution in [3.05, 3.63) is 60.2 Å². The van der Waals surface area contributed by atoms with Crippen molar-refractivity contribution in [3.63, 3.8) is 0 Å². The molecular weight excluding hydrogens is 330 g/mol. The number of amides is 1. The first-order valence-electron chi connectivity index (χ1n) is 8.56. The Kier molecular flexibility index (Phi) is 4.16. The van der Waals surface area contributed by atoms with E-state index >= 15 is 0 Å². The van der Waals surface area contributed by atoms with Crippen LogP contribution < -0.4 is 5.32 Å². The molecule has 1 aliphatic heterocycles. The van der Waals surface area contributed by atoms with Crippen molar-refractivity contribution in [2.75, 3.05) is 18.4 Å². The van der Waals surface area contributed by atoms with Gasteiger partial charge in [0.2, 0.25) is 5.95 Å². The number of aryl methyl sites for hydroxylation is 2. The molecular formula is C18H21N7O. The van der Waals surface area contributed by atoms with E-state index in [-0.39, 0.29) is 17.9 Å². The molecule has 3 aromatic heterocycles. The molecule has 4 rings (SSSR count). The number of hydrogen-bond acceptors (Lipinski definition) is 5. The first-order valence-corrected chi connectivity index (χ1v) is 8.56. The van der Waals surface area contributed by atoms with E-state index in [4.69, 9.17) is 0 Å². The quantitative estimate of drug-likeness (QED) is 0.744. The molecule has 0 unspecified atom stereocenters. The molecule has 0 aromatic carbocycles. The molecule has 0 saturated carbocycles. The number of aromatic amines is 1. The second-order valence-electron chi connectivity index (χ2n) is 6.64. The van der Waals surface area contributed by atoms with Crippen LogP contribution in [0.25, 0.3) is 0 Å².